The number of nitrogens with zero attached hydrogens (tertiary/aromatic N) is 3. The first-order valence-electron chi connectivity index (χ1n) is 5.98. The number of H-pyrrole nitrogens is 1. The molecule has 0 spiro atoms. The maximum absolute atomic E-state index is 12.3. The van der Waals surface area contributed by atoms with Crippen LogP contribution in [0.25, 0.3) is 0 Å². The Labute approximate surface area is 107 Å². The molecule has 0 aromatic carbocycles. The maximum Gasteiger partial charge on any atom is 0.260 e. The second-order valence-corrected chi connectivity index (χ2v) is 6.27. The maximum atomic E-state index is 12.3. The third-order valence-electron chi connectivity index (χ3n) is 3.07. The number of rotatable bonds is 4. The summed E-state index contributed by atoms with van der Waals surface area (Å²) in [7, 11) is -3.42. The molecule has 1 saturated heterocycles. The quantitative estimate of drug-likeness (QED) is 0.732. The van der Waals surface area contributed by atoms with Crippen LogP contribution in [0, 0.1) is 6.92 Å². The van der Waals surface area contributed by atoms with Gasteiger partial charge in [0.15, 0.2) is 5.03 Å². The summed E-state index contributed by atoms with van der Waals surface area (Å²) in [5.41, 5.74) is 5.49. The zero-order valence-corrected chi connectivity index (χ0v) is 11.3. The van der Waals surface area contributed by atoms with Crippen LogP contribution < -0.4 is 5.73 Å². The van der Waals surface area contributed by atoms with Gasteiger partial charge in [0.1, 0.15) is 5.82 Å². The van der Waals surface area contributed by atoms with Crippen molar-refractivity contribution in [2.45, 2.75) is 11.9 Å². The van der Waals surface area contributed by atoms with Crippen molar-refractivity contribution >= 4 is 10.0 Å². The Morgan fingerprint density at radius 2 is 2.06 bits per heavy atom. The van der Waals surface area contributed by atoms with Gasteiger partial charge in [-0.2, -0.15) is 4.31 Å². The smallest absolute Gasteiger partial charge is 0.260 e. The fourth-order valence-corrected chi connectivity index (χ4v) is 3.43. The third-order valence-corrected chi connectivity index (χ3v) is 4.88. The van der Waals surface area contributed by atoms with Gasteiger partial charge in [0, 0.05) is 39.3 Å². The van der Waals surface area contributed by atoms with Crippen molar-refractivity contribution in [2.75, 3.05) is 39.3 Å². The van der Waals surface area contributed by atoms with E-state index in [1.807, 2.05) is 0 Å². The van der Waals surface area contributed by atoms with E-state index in [0.717, 1.165) is 19.6 Å². The number of aromatic amines is 1. The van der Waals surface area contributed by atoms with Crippen molar-refractivity contribution in [3.05, 3.63) is 12.0 Å². The summed E-state index contributed by atoms with van der Waals surface area (Å²) in [5.74, 6) is 0.607. The summed E-state index contributed by atoms with van der Waals surface area (Å²) in [6.07, 6.45) is 1.37. The summed E-state index contributed by atoms with van der Waals surface area (Å²) in [6, 6.07) is 0. The highest BCUT2D eigenvalue weighted by Crippen LogP contribution is 2.15. The summed E-state index contributed by atoms with van der Waals surface area (Å²) in [5, 5.41) is 0.173. The van der Waals surface area contributed by atoms with E-state index in [9.17, 15) is 8.42 Å². The molecule has 2 heterocycles. The van der Waals surface area contributed by atoms with E-state index in [4.69, 9.17) is 5.73 Å². The molecule has 0 saturated carbocycles. The molecular formula is C10H19N5O2S. The van der Waals surface area contributed by atoms with Crippen molar-refractivity contribution in [3.63, 3.8) is 0 Å². The average molecular weight is 273 g/mol. The molecule has 0 radical (unpaired) electrons. The first kappa shape index (κ1) is 13.5. The normalized spacial score (nSPS) is 19.2. The van der Waals surface area contributed by atoms with E-state index in [1.165, 1.54) is 10.5 Å². The van der Waals surface area contributed by atoms with Gasteiger partial charge in [-0.3, -0.25) is 4.90 Å². The van der Waals surface area contributed by atoms with Gasteiger partial charge in [-0.1, -0.05) is 0 Å². The van der Waals surface area contributed by atoms with Crippen LogP contribution in [0.4, 0.5) is 0 Å². The van der Waals surface area contributed by atoms with Crippen LogP contribution in [0.5, 0.6) is 0 Å². The molecule has 0 aliphatic carbocycles. The lowest BCUT2D eigenvalue weighted by Crippen LogP contribution is -2.49. The zero-order chi connectivity index (χ0) is 13.2. The van der Waals surface area contributed by atoms with Crippen LogP contribution in [0.3, 0.4) is 0 Å². The number of aromatic nitrogens is 2. The molecule has 0 unspecified atom stereocenters. The molecule has 1 aliphatic rings. The molecule has 8 heteroatoms. The Balaban J connectivity index is 2.05. The molecule has 3 N–H and O–H groups in total. The molecule has 1 aromatic heterocycles. The summed E-state index contributed by atoms with van der Waals surface area (Å²) in [6.45, 7) is 5.61. The molecule has 7 nitrogen and oxygen atoms in total. The minimum absolute atomic E-state index is 0.173. The van der Waals surface area contributed by atoms with Gasteiger partial charge in [-0.25, -0.2) is 13.4 Å². The molecule has 0 bridgehead atoms. The highest BCUT2D eigenvalue weighted by atomic mass is 32.2. The van der Waals surface area contributed by atoms with Gasteiger partial charge >= 0.3 is 0 Å². The number of hydrogen-bond acceptors (Lipinski definition) is 5. The Morgan fingerprint density at radius 3 is 2.56 bits per heavy atom. The van der Waals surface area contributed by atoms with E-state index >= 15 is 0 Å². The largest absolute Gasteiger partial charge is 0.332 e. The summed E-state index contributed by atoms with van der Waals surface area (Å²) in [4.78, 5) is 8.88. The van der Waals surface area contributed by atoms with Crippen molar-refractivity contribution in [2.24, 2.45) is 5.73 Å². The van der Waals surface area contributed by atoms with Crippen LogP contribution in [-0.2, 0) is 10.0 Å². The van der Waals surface area contributed by atoms with E-state index in [0.29, 0.717) is 25.5 Å². The predicted octanol–water partition coefficient (Wildman–Crippen LogP) is -1.02. The topological polar surface area (TPSA) is 95.3 Å². The average Bonchev–Trinajstić information content (AvgIpc) is 2.78. The number of imidazole rings is 1. The third kappa shape index (κ3) is 2.72. The standard InChI is InChI=1S/C10H19N5O2S/c1-9-12-8-10(13-9)18(16,17)15-6-4-14(3-2-11)5-7-15/h8H,2-7,11H2,1H3,(H,12,13). The van der Waals surface area contributed by atoms with Crippen LogP contribution in [0.15, 0.2) is 11.2 Å². The van der Waals surface area contributed by atoms with Crippen molar-refractivity contribution in [1.82, 2.24) is 19.2 Å². The highest BCUT2D eigenvalue weighted by Gasteiger charge is 2.29. The van der Waals surface area contributed by atoms with Gasteiger partial charge in [0.25, 0.3) is 10.0 Å². The number of aryl methyl sites for hydroxylation is 1. The fraction of sp³-hybridized carbons (Fsp3) is 0.700. The number of sulfonamides is 1. The lowest BCUT2D eigenvalue weighted by molar-refractivity contribution is 0.192. The molecule has 1 aromatic rings. The number of piperazine rings is 1. The summed E-state index contributed by atoms with van der Waals surface area (Å²) >= 11 is 0. The lowest BCUT2D eigenvalue weighted by atomic mass is 10.3. The van der Waals surface area contributed by atoms with Crippen LogP contribution in [-0.4, -0.2) is 66.9 Å². The Morgan fingerprint density at radius 1 is 1.39 bits per heavy atom. The van der Waals surface area contributed by atoms with Gasteiger partial charge in [-0.05, 0) is 6.92 Å². The fourth-order valence-electron chi connectivity index (χ4n) is 2.04. The van der Waals surface area contributed by atoms with E-state index in [1.54, 1.807) is 6.92 Å². The second kappa shape index (κ2) is 5.35. The molecule has 0 atom stereocenters. The second-order valence-electron chi connectivity index (χ2n) is 4.37. The monoisotopic (exact) mass is 273 g/mol. The molecule has 0 amide bonds. The van der Waals surface area contributed by atoms with Crippen molar-refractivity contribution in [1.29, 1.82) is 0 Å². The Bertz CT molecular complexity index is 490. The molecule has 1 aliphatic heterocycles. The van der Waals surface area contributed by atoms with Crippen LogP contribution in [0.1, 0.15) is 5.82 Å². The van der Waals surface area contributed by atoms with E-state index in [2.05, 4.69) is 14.9 Å². The molecule has 2 rings (SSSR count). The van der Waals surface area contributed by atoms with Gasteiger partial charge in [0.05, 0.1) is 6.20 Å². The lowest BCUT2D eigenvalue weighted by Gasteiger charge is -2.33. The Kier molecular flexibility index (Phi) is 4.00. The van der Waals surface area contributed by atoms with Crippen LogP contribution in [0.2, 0.25) is 0 Å². The van der Waals surface area contributed by atoms with Gasteiger partial charge in [-0.15, -0.1) is 0 Å². The molecule has 102 valence electrons. The van der Waals surface area contributed by atoms with Gasteiger partial charge < -0.3 is 10.7 Å². The van der Waals surface area contributed by atoms with Crippen molar-refractivity contribution < 1.29 is 8.42 Å². The van der Waals surface area contributed by atoms with E-state index < -0.39 is 10.0 Å². The summed E-state index contributed by atoms with van der Waals surface area (Å²) < 4.78 is 26.0. The first-order valence-corrected chi connectivity index (χ1v) is 7.42. The zero-order valence-electron chi connectivity index (χ0n) is 10.5. The van der Waals surface area contributed by atoms with Crippen LogP contribution >= 0.6 is 0 Å². The Hall–Kier alpha value is -0.960. The molecule has 18 heavy (non-hydrogen) atoms. The SMILES string of the molecule is Cc1ncc(S(=O)(=O)N2CCN(CCN)CC2)[nH]1. The first-order chi connectivity index (χ1) is 8.54. The minimum Gasteiger partial charge on any atom is -0.332 e. The number of nitrogens with two attached hydrogens (primary N) is 1. The minimum atomic E-state index is -3.42. The predicted molar refractivity (Wildman–Crippen MR) is 67.6 cm³/mol. The number of hydrogen-bond donors (Lipinski definition) is 2. The van der Waals surface area contributed by atoms with Gasteiger partial charge in [0.2, 0.25) is 0 Å². The van der Waals surface area contributed by atoms with Crippen molar-refractivity contribution in [3.8, 4) is 0 Å². The number of nitrogens with one attached hydrogen (secondary N) is 1. The molecule has 1 fully saturated rings. The highest BCUT2D eigenvalue weighted by molar-refractivity contribution is 7.89. The van der Waals surface area contributed by atoms with E-state index in [-0.39, 0.29) is 5.03 Å². The molecular weight excluding hydrogens is 254 g/mol.